The number of halogens is 1. The summed E-state index contributed by atoms with van der Waals surface area (Å²) in [6.45, 7) is 8.52. The monoisotopic (exact) mass is 435 g/mol. The molecule has 0 spiro atoms. The van der Waals surface area contributed by atoms with Crippen LogP contribution in [0.15, 0.2) is 40.9 Å². The number of aromatic nitrogens is 2. The first-order valence-electron chi connectivity index (χ1n) is 11.3. The molecule has 0 saturated carbocycles. The van der Waals surface area contributed by atoms with E-state index < -0.39 is 0 Å². The Bertz CT molecular complexity index is 1100. The summed E-state index contributed by atoms with van der Waals surface area (Å²) in [6, 6.07) is 11.2. The normalized spacial score (nSPS) is 18.9. The van der Waals surface area contributed by atoms with Crippen LogP contribution in [0.1, 0.15) is 47.3 Å². The van der Waals surface area contributed by atoms with Crippen LogP contribution < -0.4 is 4.90 Å². The van der Waals surface area contributed by atoms with Crippen LogP contribution in [0.3, 0.4) is 0 Å². The first-order valence-corrected chi connectivity index (χ1v) is 11.3. The molecule has 1 aromatic heterocycles. The van der Waals surface area contributed by atoms with Gasteiger partial charge in [0, 0.05) is 24.6 Å². The van der Waals surface area contributed by atoms with Gasteiger partial charge in [-0.3, -0.25) is 4.79 Å². The maximum Gasteiger partial charge on any atom is 0.229 e. The van der Waals surface area contributed by atoms with Gasteiger partial charge in [0.25, 0.3) is 0 Å². The summed E-state index contributed by atoms with van der Waals surface area (Å²) in [6.07, 6.45) is 2.90. The van der Waals surface area contributed by atoms with Crippen LogP contribution >= 0.6 is 0 Å². The summed E-state index contributed by atoms with van der Waals surface area (Å²) < 4.78 is 19.4. The predicted octanol–water partition coefficient (Wildman–Crippen LogP) is 5.15. The zero-order valence-electron chi connectivity index (χ0n) is 19.2. The number of nitrogens with zero attached hydrogens (tertiary/aromatic N) is 3. The number of carbonyl (C=O) groups excluding carboxylic acids is 1. The second-order valence-corrected chi connectivity index (χ2v) is 9.06. The molecule has 5 nitrogen and oxygen atoms in total. The number of rotatable bonds is 6. The highest BCUT2D eigenvalue weighted by atomic mass is 19.1. The average molecular weight is 436 g/mol. The van der Waals surface area contributed by atoms with Crippen LogP contribution in [-0.4, -0.2) is 22.6 Å². The third-order valence-electron chi connectivity index (χ3n) is 6.30. The Morgan fingerprint density at radius 2 is 1.84 bits per heavy atom. The second kappa shape index (κ2) is 9.23. The average Bonchev–Trinajstić information content (AvgIpc) is 3.16. The van der Waals surface area contributed by atoms with Crippen LogP contribution in [0.2, 0.25) is 0 Å². The first kappa shape index (κ1) is 22.2. The molecule has 1 amide bonds. The molecule has 1 saturated heterocycles. The Morgan fingerprint density at radius 3 is 2.50 bits per heavy atom. The quantitative estimate of drug-likeness (QED) is 0.537. The summed E-state index contributed by atoms with van der Waals surface area (Å²) in [7, 11) is 0. The van der Waals surface area contributed by atoms with E-state index in [2.05, 4.69) is 36.1 Å². The lowest BCUT2D eigenvalue weighted by Gasteiger charge is -2.38. The smallest absolute Gasteiger partial charge is 0.229 e. The number of amides is 1. The van der Waals surface area contributed by atoms with Crippen molar-refractivity contribution in [3.8, 4) is 0 Å². The lowest BCUT2D eigenvalue weighted by molar-refractivity contribution is -0.124. The highest BCUT2D eigenvalue weighted by Gasteiger charge is 2.34. The van der Waals surface area contributed by atoms with Crippen molar-refractivity contribution in [2.24, 2.45) is 11.8 Å². The van der Waals surface area contributed by atoms with E-state index >= 15 is 0 Å². The molecule has 168 valence electrons. The number of benzene rings is 2. The molecule has 1 aliphatic rings. The Balaban J connectivity index is 1.53. The van der Waals surface area contributed by atoms with E-state index in [1.165, 1.54) is 11.6 Å². The molecule has 0 unspecified atom stereocenters. The molecule has 32 heavy (non-hydrogen) atoms. The third kappa shape index (κ3) is 4.74. The van der Waals surface area contributed by atoms with E-state index in [-0.39, 0.29) is 23.6 Å². The minimum Gasteiger partial charge on any atom is -0.339 e. The summed E-state index contributed by atoms with van der Waals surface area (Å²) in [4.78, 5) is 19.3. The minimum absolute atomic E-state index is 0.0835. The lowest BCUT2D eigenvalue weighted by atomic mass is 9.84. The van der Waals surface area contributed by atoms with Crippen molar-refractivity contribution >= 4 is 11.6 Å². The first-order chi connectivity index (χ1) is 15.3. The third-order valence-corrected chi connectivity index (χ3v) is 6.30. The molecule has 0 aliphatic carbocycles. The van der Waals surface area contributed by atoms with E-state index in [4.69, 9.17) is 4.52 Å². The van der Waals surface area contributed by atoms with Crippen molar-refractivity contribution in [2.75, 3.05) is 11.4 Å². The topological polar surface area (TPSA) is 59.2 Å². The van der Waals surface area contributed by atoms with Crippen LogP contribution in [-0.2, 0) is 24.1 Å². The Labute approximate surface area is 188 Å². The number of carbonyl (C=O) groups is 1. The Morgan fingerprint density at radius 1 is 1.12 bits per heavy atom. The van der Waals surface area contributed by atoms with Crippen LogP contribution in [0.5, 0.6) is 0 Å². The van der Waals surface area contributed by atoms with E-state index in [0.717, 1.165) is 35.2 Å². The summed E-state index contributed by atoms with van der Waals surface area (Å²) in [5.74, 6) is 1.40. The Hall–Kier alpha value is -3.02. The molecular weight excluding hydrogens is 405 g/mol. The summed E-state index contributed by atoms with van der Waals surface area (Å²) in [5, 5.41) is 3.84. The molecule has 4 rings (SSSR count). The van der Waals surface area contributed by atoms with Gasteiger partial charge < -0.3 is 9.42 Å². The van der Waals surface area contributed by atoms with Crippen molar-refractivity contribution in [3.05, 3.63) is 76.2 Å². The highest BCUT2D eigenvalue weighted by Crippen LogP contribution is 2.34. The molecule has 1 fully saturated rings. The molecular formula is C26H30FN3O2. The number of anilines is 1. The van der Waals surface area contributed by atoms with E-state index in [9.17, 15) is 9.18 Å². The van der Waals surface area contributed by atoms with Crippen molar-refractivity contribution in [1.29, 1.82) is 0 Å². The largest absolute Gasteiger partial charge is 0.339 e. The molecule has 6 heteroatoms. The molecule has 1 aliphatic heterocycles. The molecule has 2 atom stereocenters. The number of hydrogen-bond acceptors (Lipinski definition) is 4. The van der Waals surface area contributed by atoms with E-state index in [0.29, 0.717) is 31.1 Å². The van der Waals surface area contributed by atoms with Gasteiger partial charge >= 0.3 is 0 Å². The van der Waals surface area contributed by atoms with Crippen molar-refractivity contribution in [2.45, 2.75) is 53.4 Å². The number of piperidine rings is 1. The molecule has 3 aromatic rings. The maximum absolute atomic E-state index is 14.2. The van der Waals surface area contributed by atoms with Crippen molar-refractivity contribution in [1.82, 2.24) is 10.1 Å². The van der Waals surface area contributed by atoms with Gasteiger partial charge in [0.15, 0.2) is 5.82 Å². The number of hydrogen-bond donors (Lipinski definition) is 0. The number of aryl methyl sites for hydroxylation is 5. The second-order valence-electron chi connectivity index (χ2n) is 9.06. The summed E-state index contributed by atoms with van der Waals surface area (Å²) in [5.41, 5.74) is 5.04. The molecule has 2 heterocycles. The molecule has 0 bridgehead atoms. The van der Waals surface area contributed by atoms with Crippen LogP contribution in [0.4, 0.5) is 10.1 Å². The summed E-state index contributed by atoms with van der Waals surface area (Å²) >= 11 is 0. The highest BCUT2D eigenvalue weighted by molar-refractivity contribution is 5.97. The minimum atomic E-state index is -0.170. The molecule has 0 radical (unpaired) electrons. The lowest BCUT2D eigenvalue weighted by Crippen LogP contribution is -2.46. The van der Waals surface area contributed by atoms with Gasteiger partial charge in [-0.05, 0) is 74.3 Å². The van der Waals surface area contributed by atoms with Gasteiger partial charge in [0.2, 0.25) is 11.8 Å². The fourth-order valence-corrected chi connectivity index (χ4v) is 4.92. The Kier molecular flexibility index (Phi) is 6.40. The zero-order chi connectivity index (χ0) is 22.8. The van der Waals surface area contributed by atoms with Gasteiger partial charge in [-0.25, -0.2) is 4.39 Å². The van der Waals surface area contributed by atoms with E-state index in [1.807, 2.05) is 30.9 Å². The zero-order valence-corrected chi connectivity index (χ0v) is 19.2. The fourth-order valence-electron chi connectivity index (χ4n) is 4.92. The van der Waals surface area contributed by atoms with Crippen molar-refractivity contribution in [3.63, 3.8) is 0 Å². The van der Waals surface area contributed by atoms with Crippen molar-refractivity contribution < 1.29 is 13.7 Å². The van der Waals surface area contributed by atoms with Gasteiger partial charge in [0.1, 0.15) is 5.82 Å². The fraction of sp³-hybridized carbons (Fsp3) is 0.423. The van der Waals surface area contributed by atoms with Gasteiger partial charge in [-0.2, -0.15) is 4.98 Å². The van der Waals surface area contributed by atoms with Crippen LogP contribution in [0, 0.1) is 38.4 Å². The predicted molar refractivity (Wildman–Crippen MR) is 122 cm³/mol. The maximum atomic E-state index is 14.2. The SMILES string of the molecule is Cc1noc(CCc2cc(C)c(N3C[C@@H](Cc4ccccc4F)C[C@@H](C)C3=O)c(C)c2)n1. The van der Waals surface area contributed by atoms with Gasteiger partial charge in [0.05, 0.1) is 0 Å². The van der Waals surface area contributed by atoms with Crippen LogP contribution in [0.25, 0.3) is 0 Å². The van der Waals surface area contributed by atoms with Gasteiger partial charge in [-0.1, -0.05) is 42.4 Å². The van der Waals surface area contributed by atoms with Gasteiger partial charge in [-0.15, -0.1) is 0 Å². The molecule has 0 N–H and O–H groups in total. The van der Waals surface area contributed by atoms with E-state index in [1.54, 1.807) is 6.07 Å². The standard InChI is InChI=1S/C26H30FN3O2/c1-16-11-20(9-10-24-28-19(4)29-32-24)12-17(2)25(16)30-15-21(13-18(3)26(30)31)14-22-7-5-6-8-23(22)27/h5-8,11-12,18,21H,9-10,13-15H2,1-4H3/t18-,21-/m1/s1. The molecule has 2 aromatic carbocycles.